The lowest BCUT2D eigenvalue weighted by atomic mass is 10.2. The number of hydrogen-bond acceptors (Lipinski definition) is 5. The summed E-state index contributed by atoms with van der Waals surface area (Å²) < 4.78 is 1.00. The van der Waals surface area contributed by atoms with Crippen LogP contribution in [0.25, 0.3) is 10.2 Å². The first-order valence-corrected chi connectivity index (χ1v) is 5.52. The van der Waals surface area contributed by atoms with E-state index < -0.39 is 5.97 Å². The van der Waals surface area contributed by atoms with Gasteiger partial charge in [-0.2, -0.15) is 0 Å². The first-order chi connectivity index (χ1) is 7.59. The highest BCUT2D eigenvalue weighted by atomic mass is 32.1. The van der Waals surface area contributed by atoms with Crippen LogP contribution >= 0.6 is 11.3 Å². The van der Waals surface area contributed by atoms with Crippen molar-refractivity contribution in [2.45, 2.75) is 0 Å². The third-order valence-electron chi connectivity index (χ3n) is 2.30. The number of rotatable bonds is 3. The van der Waals surface area contributed by atoms with E-state index in [9.17, 15) is 4.79 Å². The zero-order valence-corrected chi connectivity index (χ0v) is 9.49. The lowest BCUT2D eigenvalue weighted by molar-refractivity contribution is -0.135. The van der Waals surface area contributed by atoms with E-state index in [0.29, 0.717) is 11.4 Å². The van der Waals surface area contributed by atoms with E-state index in [2.05, 4.69) is 4.98 Å². The quantitative estimate of drug-likeness (QED) is 0.789. The van der Waals surface area contributed by atoms with Crippen molar-refractivity contribution in [1.82, 2.24) is 4.98 Å². The number of carboxylic acid groups (broad SMARTS) is 1. The molecule has 2 rings (SSSR count). The van der Waals surface area contributed by atoms with Crippen molar-refractivity contribution in [1.29, 1.82) is 0 Å². The number of hydrogen-bond donors (Lipinski definition) is 2. The molecule has 6 heteroatoms. The fourth-order valence-corrected chi connectivity index (χ4v) is 2.25. The van der Waals surface area contributed by atoms with Crippen LogP contribution in [0.4, 0.5) is 11.4 Å². The van der Waals surface area contributed by atoms with Gasteiger partial charge in [-0.05, 0) is 12.1 Å². The smallest absolute Gasteiger partial charge is 0.323 e. The molecule has 0 atom stereocenters. The molecule has 0 aliphatic carbocycles. The van der Waals surface area contributed by atoms with Crippen LogP contribution in [0.2, 0.25) is 0 Å². The third kappa shape index (κ3) is 1.79. The van der Waals surface area contributed by atoms with Crippen molar-refractivity contribution in [3.05, 3.63) is 17.6 Å². The van der Waals surface area contributed by atoms with Crippen LogP contribution in [-0.4, -0.2) is 29.7 Å². The Morgan fingerprint density at radius 3 is 3.06 bits per heavy atom. The zero-order chi connectivity index (χ0) is 11.7. The van der Waals surface area contributed by atoms with Crippen molar-refractivity contribution in [3.8, 4) is 0 Å². The summed E-state index contributed by atoms with van der Waals surface area (Å²) in [5.74, 6) is -0.889. The first-order valence-electron chi connectivity index (χ1n) is 4.64. The summed E-state index contributed by atoms with van der Waals surface area (Å²) >= 11 is 1.51. The van der Waals surface area contributed by atoms with Gasteiger partial charge in [0.2, 0.25) is 0 Å². The molecule has 16 heavy (non-hydrogen) atoms. The summed E-state index contributed by atoms with van der Waals surface area (Å²) in [6.07, 6.45) is 0. The van der Waals surface area contributed by atoms with Gasteiger partial charge >= 0.3 is 5.97 Å². The van der Waals surface area contributed by atoms with Gasteiger partial charge in [-0.15, -0.1) is 11.3 Å². The number of likely N-dealkylation sites (N-methyl/N-ethyl adjacent to an activating group) is 1. The van der Waals surface area contributed by atoms with E-state index >= 15 is 0 Å². The van der Waals surface area contributed by atoms with E-state index in [1.165, 1.54) is 11.3 Å². The average molecular weight is 237 g/mol. The van der Waals surface area contributed by atoms with Crippen LogP contribution in [0.15, 0.2) is 17.6 Å². The second kappa shape index (κ2) is 3.97. The number of thiazole rings is 1. The largest absolute Gasteiger partial charge is 0.480 e. The lowest BCUT2D eigenvalue weighted by Crippen LogP contribution is -2.25. The number of fused-ring (bicyclic) bond motifs is 1. The summed E-state index contributed by atoms with van der Waals surface area (Å²) in [6, 6.07) is 3.72. The Morgan fingerprint density at radius 2 is 2.38 bits per heavy atom. The number of benzene rings is 1. The molecule has 3 N–H and O–H groups in total. The van der Waals surface area contributed by atoms with Crippen molar-refractivity contribution in [2.75, 3.05) is 24.2 Å². The van der Waals surface area contributed by atoms with Crippen LogP contribution in [0.3, 0.4) is 0 Å². The highest BCUT2D eigenvalue weighted by Crippen LogP contribution is 2.31. The van der Waals surface area contributed by atoms with Gasteiger partial charge in [-0.25, -0.2) is 4.98 Å². The molecule has 0 unspecified atom stereocenters. The summed E-state index contributed by atoms with van der Waals surface area (Å²) in [4.78, 5) is 16.4. The number of anilines is 2. The Hall–Kier alpha value is -1.82. The molecule has 1 heterocycles. The van der Waals surface area contributed by atoms with Crippen LogP contribution in [-0.2, 0) is 4.79 Å². The second-order valence-corrected chi connectivity index (χ2v) is 4.33. The number of aliphatic carboxylic acids is 1. The number of nitrogens with zero attached hydrogens (tertiary/aromatic N) is 2. The summed E-state index contributed by atoms with van der Waals surface area (Å²) in [7, 11) is 1.69. The fourth-order valence-electron chi connectivity index (χ4n) is 1.56. The monoisotopic (exact) mass is 237 g/mol. The Labute approximate surface area is 96.1 Å². The predicted octanol–water partition coefficient (Wildman–Crippen LogP) is 1.40. The molecular weight excluding hydrogens is 226 g/mol. The van der Waals surface area contributed by atoms with E-state index in [0.717, 1.165) is 10.2 Å². The van der Waals surface area contributed by atoms with Crippen LogP contribution in [0.1, 0.15) is 0 Å². The molecule has 84 valence electrons. The van der Waals surface area contributed by atoms with Gasteiger partial charge in [-0.1, -0.05) is 0 Å². The minimum absolute atomic E-state index is 0.0835. The summed E-state index contributed by atoms with van der Waals surface area (Å²) in [5, 5.41) is 8.71. The molecule has 0 fully saturated rings. The maximum atomic E-state index is 10.6. The Balaban J connectivity index is 2.44. The molecular formula is C10H11N3O2S. The molecule has 0 radical (unpaired) electrons. The van der Waals surface area contributed by atoms with Gasteiger partial charge in [-0.3, -0.25) is 4.79 Å². The molecule has 1 aromatic carbocycles. The zero-order valence-electron chi connectivity index (χ0n) is 8.67. The maximum absolute atomic E-state index is 10.6. The van der Waals surface area contributed by atoms with Crippen LogP contribution < -0.4 is 10.6 Å². The first kappa shape index (κ1) is 10.7. The highest BCUT2D eigenvalue weighted by Gasteiger charge is 2.12. The summed E-state index contributed by atoms with van der Waals surface area (Å²) in [6.45, 7) is -0.0835. The molecule has 0 spiro atoms. The van der Waals surface area contributed by atoms with Crippen molar-refractivity contribution in [3.63, 3.8) is 0 Å². The lowest BCUT2D eigenvalue weighted by Gasteiger charge is -2.18. The van der Waals surface area contributed by atoms with Gasteiger partial charge in [0.1, 0.15) is 12.1 Å². The number of carbonyl (C=O) groups is 1. The number of aromatic nitrogens is 1. The minimum Gasteiger partial charge on any atom is -0.480 e. The van der Waals surface area contributed by atoms with Crippen molar-refractivity contribution < 1.29 is 9.90 Å². The van der Waals surface area contributed by atoms with Gasteiger partial charge in [0.15, 0.2) is 0 Å². The van der Waals surface area contributed by atoms with Gasteiger partial charge in [0, 0.05) is 7.05 Å². The van der Waals surface area contributed by atoms with E-state index in [-0.39, 0.29) is 6.54 Å². The van der Waals surface area contributed by atoms with Crippen LogP contribution in [0, 0.1) is 0 Å². The SMILES string of the molecule is CN(CC(=O)O)c1ccc2scnc2c1N. The molecule has 0 aliphatic heterocycles. The molecule has 0 saturated carbocycles. The van der Waals surface area contributed by atoms with E-state index in [1.807, 2.05) is 12.1 Å². The number of nitrogen functional groups attached to an aromatic ring is 1. The predicted molar refractivity (Wildman–Crippen MR) is 64.9 cm³/mol. The molecule has 0 bridgehead atoms. The van der Waals surface area contributed by atoms with Crippen LogP contribution in [0.5, 0.6) is 0 Å². The fraction of sp³-hybridized carbons (Fsp3) is 0.200. The topological polar surface area (TPSA) is 79.5 Å². The Bertz CT molecular complexity index is 538. The minimum atomic E-state index is -0.889. The average Bonchev–Trinajstić information content (AvgIpc) is 2.65. The van der Waals surface area contributed by atoms with Crippen molar-refractivity contribution >= 4 is 38.9 Å². The number of carboxylic acids is 1. The normalized spacial score (nSPS) is 10.6. The molecule has 5 nitrogen and oxygen atoms in total. The molecule has 1 aromatic heterocycles. The van der Waals surface area contributed by atoms with Gasteiger partial charge in [0.25, 0.3) is 0 Å². The maximum Gasteiger partial charge on any atom is 0.323 e. The number of nitrogens with two attached hydrogens (primary N) is 1. The standard InChI is InChI=1S/C10H11N3O2S/c1-13(4-8(14)15)6-2-3-7-10(9(6)11)12-5-16-7/h2-3,5H,4,11H2,1H3,(H,14,15). The molecule has 2 aromatic rings. The van der Waals surface area contributed by atoms with E-state index in [1.54, 1.807) is 17.5 Å². The summed E-state index contributed by atoms with van der Waals surface area (Å²) in [5.41, 5.74) is 9.63. The van der Waals surface area contributed by atoms with Crippen molar-refractivity contribution in [2.24, 2.45) is 0 Å². The Kier molecular flexibility index (Phi) is 2.66. The van der Waals surface area contributed by atoms with Gasteiger partial charge < -0.3 is 15.7 Å². The highest BCUT2D eigenvalue weighted by molar-refractivity contribution is 7.16. The molecule has 0 amide bonds. The van der Waals surface area contributed by atoms with Gasteiger partial charge in [0.05, 0.1) is 21.6 Å². The molecule has 0 aliphatic rings. The Morgan fingerprint density at radius 1 is 1.62 bits per heavy atom. The molecule has 0 saturated heterocycles. The third-order valence-corrected chi connectivity index (χ3v) is 3.10. The second-order valence-electron chi connectivity index (χ2n) is 3.45. The van der Waals surface area contributed by atoms with E-state index in [4.69, 9.17) is 10.8 Å².